The number of aliphatic hydroxyl groups excluding tert-OH is 1. The summed E-state index contributed by atoms with van der Waals surface area (Å²) in [6, 6.07) is 7.01. The second-order valence-electron chi connectivity index (χ2n) is 6.40. The molecule has 0 bridgehead atoms. The van der Waals surface area contributed by atoms with Crippen LogP contribution in [-0.2, 0) is 4.74 Å². The van der Waals surface area contributed by atoms with Crippen LogP contribution in [0.1, 0.15) is 25.5 Å². The molecule has 6 nitrogen and oxygen atoms in total. The van der Waals surface area contributed by atoms with E-state index in [2.05, 4.69) is 18.7 Å². The average Bonchev–Trinajstić information content (AvgIpc) is 2.92. The summed E-state index contributed by atoms with van der Waals surface area (Å²) >= 11 is 0. The molecule has 1 aromatic rings. The highest BCUT2D eigenvalue weighted by Crippen LogP contribution is 2.55. The Morgan fingerprint density at radius 2 is 1.96 bits per heavy atom. The molecule has 1 saturated heterocycles. The molecule has 2 aliphatic rings. The van der Waals surface area contributed by atoms with Crippen LogP contribution in [0.4, 0.5) is 5.69 Å². The molecule has 1 saturated carbocycles. The van der Waals surface area contributed by atoms with Gasteiger partial charge in [-0.1, -0.05) is 13.8 Å². The van der Waals surface area contributed by atoms with Crippen molar-refractivity contribution in [3.8, 4) is 0 Å². The molecule has 0 amide bonds. The van der Waals surface area contributed by atoms with E-state index in [-0.39, 0.29) is 29.2 Å². The van der Waals surface area contributed by atoms with Gasteiger partial charge >= 0.3 is 0 Å². The summed E-state index contributed by atoms with van der Waals surface area (Å²) in [5.41, 5.74) is 1.10. The maximum absolute atomic E-state index is 10.8. The van der Waals surface area contributed by atoms with Crippen molar-refractivity contribution < 1.29 is 14.8 Å². The average molecular weight is 320 g/mol. The van der Waals surface area contributed by atoms with Crippen molar-refractivity contribution in [2.45, 2.75) is 26.0 Å². The van der Waals surface area contributed by atoms with Gasteiger partial charge in [-0.3, -0.25) is 10.1 Å². The van der Waals surface area contributed by atoms with E-state index in [1.54, 1.807) is 24.3 Å². The minimum absolute atomic E-state index is 0.0331. The zero-order valence-corrected chi connectivity index (χ0v) is 13.6. The molecular formula is C17H24N2O4. The first kappa shape index (κ1) is 16.4. The van der Waals surface area contributed by atoms with Crippen LogP contribution in [0, 0.1) is 27.9 Å². The molecule has 0 aromatic heterocycles. The monoisotopic (exact) mass is 320 g/mol. The van der Waals surface area contributed by atoms with Gasteiger partial charge in [0.05, 0.1) is 17.6 Å². The van der Waals surface area contributed by atoms with Crippen LogP contribution >= 0.6 is 0 Å². The number of ether oxygens (including phenoxy) is 1. The quantitative estimate of drug-likeness (QED) is 0.642. The van der Waals surface area contributed by atoms with E-state index in [1.165, 1.54) is 0 Å². The Kier molecular flexibility index (Phi) is 4.66. The molecule has 3 rings (SSSR count). The first-order valence-electron chi connectivity index (χ1n) is 8.33. The number of nitro groups is 1. The van der Waals surface area contributed by atoms with E-state index < -0.39 is 0 Å². The Balaban J connectivity index is 1.83. The summed E-state index contributed by atoms with van der Waals surface area (Å²) in [5, 5.41) is 20.5. The molecule has 1 N–H and O–H groups in total. The van der Waals surface area contributed by atoms with E-state index in [0.717, 1.165) is 18.7 Å². The zero-order valence-electron chi connectivity index (χ0n) is 13.6. The number of nitrogens with zero attached hydrogens (tertiary/aromatic N) is 2. The Labute approximate surface area is 136 Å². The highest BCUT2D eigenvalue weighted by molar-refractivity contribution is 5.35. The van der Waals surface area contributed by atoms with Gasteiger partial charge in [-0.05, 0) is 36.7 Å². The van der Waals surface area contributed by atoms with E-state index in [9.17, 15) is 15.2 Å². The van der Waals surface area contributed by atoms with E-state index >= 15 is 0 Å². The molecule has 2 fully saturated rings. The number of non-ortho nitro benzene ring substituents is 1. The molecule has 1 aliphatic heterocycles. The number of rotatable bonds is 6. The van der Waals surface area contributed by atoms with Crippen LogP contribution in [0.2, 0.25) is 0 Å². The molecule has 1 heterocycles. The first-order chi connectivity index (χ1) is 11.1. The molecule has 1 aromatic carbocycles. The highest BCUT2D eigenvalue weighted by Gasteiger charge is 2.59. The summed E-state index contributed by atoms with van der Waals surface area (Å²) in [6.07, 6.45) is -0.0331. The number of hydrogen-bond acceptors (Lipinski definition) is 5. The molecule has 0 spiro atoms. The topological polar surface area (TPSA) is 75.8 Å². The van der Waals surface area contributed by atoms with Crippen LogP contribution in [0.25, 0.3) is 0 Å². The van der Waals surface area contributed by atoms with Crippen LogP contribution in [-0.4, -0.2) is 47.3 Å². The Hall–Kier alpha value is -1.50. The smallest absolute Gasteiger partial charge is 0.269 e. The minimum Gasteiger partial charge on any atom is -0.396 e. The predicted molar refractivity (Wildman–Crippen MR) is 86.1 cm³/mol. The fraction of sp³-hybridized carbons (Fsp3) is 0.647. The van der Waals surface area contributed by atoms with Gasteiger partial charge in [0, 0.05) is 36.6 Å². The van der Waals surface area contributed by atoms with Crippen LogP contribution in [0.5, 0.6) is 0 Å². The number of benzene rings is 1. The Morgan fingerprint density at radius 3 is 2.48 bits per heavy atom. The van der Waals surface area contributed by atoms with Crippen molar-refractivity contribution >= 4 is 5.69 Å². The fourth-order valence-corrected chi connectivity index (χ4v) is 4.40. The summed E-state index contributed by atoms with van der Waals surface area (Å²) in [4.78, 5) is 12.8. The van der Waals surface area contributed by atoms with E-state index in [1.807, 2.05) is 0 Å². The number of hydrogen-bond donors (Lipinski definition) is 1. The van der Waals surface area contributed by atoms with Gasteiger partial charge < -0.3 is 14.7 Å². The van der Waals surface area contributed by atoms with Gasteiger partial charge in [-0.2, -0.15) is 0 Å². The summed E-state index contributed by atoms with van der Waals surface area (Å²) in [7, 11) is 0. The van der Waals surface area contributed by atoms with Gasteiger partial charge in [0.2, 0.25) is 0 Å². The molecule has 5 atom stereocenters. The van der Waals surface area contributed by atoms with Crippen LogP contribution < -0.4 is 0 Å². The molecule has 23 heavy (non-hydrogen) atoms. The fourth-order valence-electron chi connectivity index (χ4n) is 4.40. The van der Waals surface area contributed by atoms with Gasteiger partial charge in [0.25, 0.3) is 5.69 Å². The van der Waals surface area contributed by atoms with E-state index in [4.69, 9.17) is 4.74 Å². The highest BCUT2D eigenvalue weighted by atomic mass is 16.6. The number of fused-ring (bicyclic) bond motifs is 1. The molecule has 0 radical (unpaired) electrons. The number of aliphatic hydroxyl groups is 1. The second-order valence-corrected chi connectivity index (χ2v) is 6.40. The minimum atomic E-state index is -0.383. The third-order valence-electron chi connectivity index (χ3n) is 5.57. The molecular weight excluding hydrogens is 296 g/mol. The maximum atomic E-state index is 10.8. The van der Waals surface area contributed by atoms with Gasteiger partial charge in [0.1, 0.15) is 0 Å². The van der Waals surface area contributed by atoms with Crippen LogP contribution in [0.15, 0.2) is 24.3 Å². The Morgan fingerprint density at radius 1 is 1.30 bits per heavy atom. The second kappa shape index (κ2) is 6.55. The maximum Gasteiger partial charge on any atom is 0.269 e. The third kappa shape index (κ3) is 2.65. The van der Waals surface area contributed by atoms with Gasteiger partial charge in [-0.15, -0.1) is 0 Å². The van der Waals surface area contributed by atoms with Gasteiger partial charge in [0.15, 0.2) is 0 Å². The SMILES string of the molecule is CCN(CC)[C@H]1[C@H](CO)[C@@H]2CO[C@@H](c3ccc([N+](=O)[O-])cc3)[C@@H]21. The summed E-state index contributed by atoms with van der Waals surface area (Å²) in [6.45, 7) is 7.04. The van der Waals surface area contributed by atoms with Crippen molar-refractivity contribution in [2.75, 3.05) is 26.3 Å². The van der Waals surface area contributed by atoms with E-state index in [0.29, 0.717) is 24.5 Å². The van der Waals surface area contributed by atoms with Gasteiger partial charge in [-0.25, -0.2) is 0 Å². The van der Waals surface area contributed by atoms with Crippen molar-refractivity contribution in [3.63, 3.8) is 0 Å². The largest absolute Gasteiger partial charge is 0.396 e. The number of nitro benzene ring substituents is 1. The standard InChI is InChI=1S/C17H24N2O4/c1-3-18(4-2)16-13(9-20)14-10-23-17(15(14)16)11-5-7-12(8-6-11)19(21)22/h5-8,13-17,20H,3-4,9-10H2,1-2H3/t13-,14+,15+,16+,17+/m1/s1. The Bertz CT molecular complexity index is 558. The first-order valence-corrected chi connectivity index (χ1v) is 8.33. The molecule has 6 heteroatoms. The van der Waals surface area contributed by atoms with Crippen molar-refractivity contribution in [2.24, 2.45) is 17.8 Å². The normalized spacial score (nSPS) is 32.6. The van der Waals surface area contributed by atoms with Crippen LogP contribution in [0.3, 0.4) is 0 Å². The summed E-state index contributed by atoms with van der Waals surface area (Å²) < 4.78 is 6.02. The lowest BCUT2D eigenvalue weighted by molar-refractivity contribution is -0.384. The molecule has 1 aliphatic carbocycles. The zero-order chi connectivity index (χ0) is 16.6. The molecule has 126 valence electrons. The van der Waals surface area contributed by atoms with Crippen molar-refractivity contribution in [1.82, 2.24) is 4.90 Å². The summed E-state index contributed by atoms with van der Waals surface area (Å²) in [5.74, 6) is 1.00. The lowest BCUT2D eigenvalue weighted by atomic mass is 9.59. The lowest BCUT2D eigenvalue weighted by Crippen LogP contribution is -2.61. The predicted octanol–water partition coefficient (Wildman–Crippen LogP) is 2.23. The van der Waals surface area contributed by atoms with Crippen molar-refractivity contribution in [3.05, 3.63) is 39.9 Å². The molecule has 0 unspecified atom stereocenters. The van der Waals surface area contributed by atoms with Crippen molar-refractivity contribution in [1.29, 1.82) is 0 Å². The lowest BCUT2D eigenvalue weighted by Gasteiger charge is -2.53. The third-order valence-corrected chi connectivity index (χ3v) is 5.57.